The normalized spacial score (nSPS) is 28.8. The molecular weight excluding hydrogens is 296 g/mol. The highest BCUT2D eigenvalue weighted by Crippen LogP contribution is 2.17. The van der Waals surface area contributed by atoms with Gasteiger partial charge in [0, 0.05) is 39.3 Å². The lowest BCUT2D eigenvalue weighted by molar-refractivity contribution is -0.913. The van der Waals surface area contributed by atoms with Gasteiger partial charge in [-0.25, -0.2) is 0 Å². The molecule has 0 aromatic carbocycles. The van der Waals surface area contributed by atoms with Gasteiger partial charge in [0.1, 0.15) is 0 Å². The van der Waals surface area contributed by atoms with E-state index in [4.69, 9.17) is 0 Å². The lowest BCUT2D eigenvalue weighted by atomic mass is 10.1. The highest BCUT2D eigenvalue weighted by Gasteiger charge is 2.28. The molecule has 0 radical (unpaired) electrons. The SMILES string of the molecule is C[N+]1(CCN2CCN(CC[N+]3(C)CCCCC3)CC2)CCCCC1. The predicted molar refractivity (Wildman–Crippen MR) is 102 cm³/mol. The van der Waals surface area contributed by atoms with Crippen LogP contribution in [0.2, 0.25) is 0 Å². The average Bonchev–Trinajstić information content (AvgIpc) is 2.61. The van der Waals surface area contributed by atoms with E-state index >= 15 is 0 Å². The Bertz CT molecular complexity index is 328. The van der Waals surface area contributed by atoms with E-state index in [1.165, 1.54) is 126 Å². The van der Waals surface area contributed by atoms with Crippen molar-refractivity contribution in [1.82, 2.24) is 9.80 Å². The first-order valence-electron chi connectivity index (χ1n) is 10.7. The average molecular weight is 339 g/mol. The zero-order chi connectivity index (χ0) is 16.9. The highest BCUT2D eigenvalue weighted by molar-refractivity contribution is 4.72. The van der Waals surface area contributed by atoms with Crippen molar-refractivity contribution < 1.29 is 8.97 Å². The second kappa shape index (κ2) is 8.48. The molecule has 24 heavy (non-hydrogen) atoms. The number of piperidine rings is 2. The third-order valence-electron chi connectivity index (χ3n) is 7.17. The molecule has 4 nitrogen and oxygen atoms in total. The molecule has 3 aliphatic heterocycles. The maximum absolute atomic E-state index is 2.73. The Morgan fingerprint density at radius 1 is 0.542 bits per heavy atom. The van der Waals surface area contributed by atoms with Crippen molar-refractivity contribution in [3.8, 4) is 0 Å². The molecule has 0 amide bonds. The first-order valence-corrected chi connectivity index (χ1v) is 10.7. The first-order chi connectivity index (χ1) is 11.6. The van der Waals surface area contributed by atoms with E-state index in [0.29, 0.717) is 0 Å². The van der Waals surface area contributed by atoms with E-state index < -0.39 is 0 Å². The molecule has 140 valence electrons. The third kappa shape index (κ3) is 5.42. The minimum Gasteiger partial charge on any atom is -0.325 e. The summed E-state index contributed by atoms with van der Waals surface area (Å²) in [7, 11) is 4.97. The maximum Gasteiger partial charge on any atom is 0.0913 e. The van der Waals surface area contributed by atoms with Crippen LogP contribution in [0.25, 0.3) is 0 Å². The molecule has 0 unspecified atom stereocenters. The summed E-state index contributed by atoms with van der Waals surface area (Å²) in [5, 5.41) is 0. The molecule has 0 aliphatic carbocycles. The summed E-state index contributed by atoms with van der Waals surface area (Å²) in [4.78, 5) is 5.46. The summed E-state index contributed by atoms with van der Waals surface area (Å²) in [6.45, 7) is 16.2. The fourth-order valence-corrected chi connectivity index (χ4v) is 5.00. The Balaban J connectivity index is 1.32. The van der Waals surface area contributed by atoms with E-state index in [9.17, 15) is 0 Å². The summed E-state index contributed by atoms with van der Waals surface area (Å²) in [6.07, 6.45) is 8.71. The summed E-state index contributed by atoms with van der Waals surface area (Å²) in [6, 6.07) is 0. The van der Waals surface area contributed by atoms with Gasteiger partial charge in [-0.05, 0) is 38.5 Å². The van der Waals surface area contributed by atoms with Crippen LogP contribution in [0, 0.1) is 0 Å². The molecule has 0 N–H and O–H groups in total. The number of likely N-dealkylation sites (tertiary alicyclic amines) is 2. The molecule has 3 rings (SSSR count). The minimum absolute atomic E-state index is 1.30. The van der Waals surface area contributed by atoms with Crippen molar-refractivity contribution in [1.29, 1.82) is 0 Å². The van der Waals surface area contributed by atoms with Gasteiger partial charge in [-0.15, -0.1) is 0 Å². The van der Waals surface area contributed by atoms with E-state index in [2.05, 4.69) is 23.9 Å². The molecule has 3 saturated heterocycles. The molecule has 3 fully saturated rings. The Hall–Kier alpha value is -0.160. The van der Waals surface area contributed by atoms with Crippen molar-refractivity contribution in [3.63, 3.8) is 0 Å². The summed E-state index contributed by atoms with van der Waals surface area (Å²) in [5.74, 6) is 0. The molecule has 4 heteroatoms. The smallest absolute Gasteiger partial charge is 0.0913 e. The number of quaternary nitrogens is 2. The van der Waals surface area contributed by atoms with Gasteiger partial charge in [0.15, 0.2) is 0 Å². The van der Waals surface area contributed by atoms with Gasteiger partial charge in [0.25, 0.3) is 0 Å². The predicted octanol–water partition coefficient (Wildman–Crippen LogP) is 1.87. The monoisotopic (exact) mass is 338 g/mol. The molecule has 0 saturated carbocycles. The molecule has 0 bridgehead atoms. The Kier molecular flexibility index (Phi) is 6.58. The fourth-order valence-electron chi connectivity index (χ4n) is 5.00. The number of rotatable bonds is 6. The van der Waals surface area contributed by atoms with Crippen LogP contribution in [0.1, 0.15) is 38.5 Å². The van der Waals surface area contributed by atoms with Crippen molar-refractivity contribution in [2.75, 3.05) is 92.6 Å². The van der Waals surface area contributed by atoms with Crippen LogP contribution >= 0.6 is 0 Å². The van der Waals surface area contributed by atoms with Crippen LogP contribution in [0.15, 0.2) is 0 Å². The fraction of sp³-hybridized carbons (Fsp3) is 1.00. The van der Waals surface area contributed by atoms with Gasteiger partial charge in [0.05, 0.1) is 53.4 Å². The van der Waals surface area contributed by atoms with Crippen LogP contribution in [0.4, 0.5) is 0 Å². The molecule has 3 aliphatic rings. The first kappa shape index (κ1) is 18.6. The van der Waals surface area contributed by atoms with Gasteiger partial charge < -0.3 is 8.97 Å². The second-order valence-corrected chi connectivity index (χ2v) is 9.39. The summed E-state index contributed by atoms with van der Waals surface area (Å²) >= 11 is 0. The number of hydrogen-bond donors (Lipinski definition) is 0. The zero-order valence-corrected chi connectivity index (χ0v) is 16.5. The third-order valence-corrected chi connectivity index (χ3v) is 7.17. The highest BCUT2D eigenvalue weighted by atomic mass is 15.4. The molecule has 0 spiro atoms. The van der Waals surface area contributed by atoms with Gasteiger partial charge in [-0.3, -0.25) is 9.80 Å². The Labute approximate surface area is 150 Å². The second-order valence-electron chi connectivity index (χ2n) is 9.39. The van der Waals surface area contributed by atoms with E-state index in [1.54, 1.807) is 0 Å². The zero-order valence-electron chi connectivity index (χ0n) is 16.5. The number of hydrogen-bond acceptors (Lipinski definition) is 2. The van der Waals surface area contributed by atoms with Crippen molar-refractivity contribution >= 4 is 0 Å². The van der Waals surface area contributed by atoms with Crippen molar-refractivity contribution in [3.05, 3.63) is 0 Å². The largest absolute Gasteiger partial charge is 0.325 e. The molecular formula is C20H42N4+2. The van der Waals surface area contributed by atoms with E-state index in [1.807, 2.05) is 0 Å². The van der Waals surface area contributed by atoms with Crippen molar-refractivity contribution in [2.24, 2.45) is 0 Å². The lowest BCUT2D eigenvalue weighted by Crippen LogP contribution is -2.56. The van der Waals surface area contributed by atoms with Gasteiger partial charge in [0.2, 0.25) is 0 Å². The molecule has 0 aromatic rings. The minimum atomic E-state index is 1.30. The van der Waals surface area contributed by atoms with E-state index in [0.717, 1.165) is 0 Å². The Morgan fingerprint density at radius 2 is 0.875 bits per heavy atom. The van der Waals surface area contributed by atoms with Crippen LogP contribution in [0.5, 0.6) is 0 Å². The van der Waals surface area contributed by atoms with Crippen LogP contribution in [0.3, 0.4) is 0 Å². The number of piperazine rings is 1. The van der Waals surface area contributed by atoms with Gasteiger partial charge in [-0.1, -0.05) is 0 Å². The van der Waals surface area contributed by atoms with Crippen LogP contribution < -0.4 is 0 Å². The van der Waals surface area contributed by atoms with Gasteiger partial charge >= 0.3 is 0 Å². The lowest BCUT2D eigenvalue weighted by Gasteiger charge is -2.42. The molecule has 0 atom stereocenters. The number of nitrogens with zero attached hydrogens (tertiary/aromatic N) is 4. The molecule has 3 heterocycles. The van der Waals surface area contributed by atoms with Gasteiger partial charge in [-0.2, -0.15) is 0 Å². The summed E-state index contributed by atoms with van der Waals surface area (Å²) in [5.41, 5.74) is 0. The topological polar surface area (TPSA) is 6.48 Å². The van der Waals surface area contributed by atoms with Crippen LogP contribution in [-0.2, 0) is 0 Å². The molecule has 0 aromatic heterocycles. The quantitative estimate of drug-likeness (QED) is 0.682. The van der Waals surface area contributed by atoms with Crippen molar-refractivity contribution in [2.45, 2.75) is 38.5 Å². The standard InChI is InChI=1S/C20H42N4/c1-23(15-5-3-6-16-23)19-13-21-9-11-22(12-10-21)14-20-24(2)17-7-4-8-18-24/h3-20H2,1-2H3/q+2. The maximum atomic E-state index is 2.73. The van der Waals surface area contributed by atoms with E-state index in [-0.39, 0.29) is 0 Å². The summed E-state index contributed by atoms with van der Waals surface area (Å²) < 4.78 is 2.66. The van der Waals surface area contributed by atoms with Crippen LogP contribution in [-0.4, -0.2) is 111 Å². The number of likely N-dealkylation sites (N-methyl/N-ethyl adjacent to an activating group) is 2. The Morgan fingerprint density at radius 3 is 1.21 bits per heavy atom.